The molecule has 1 N–H and O–H groups in total. The van der Waals surface area contributed by atoms with Gasteiger partial charge >= 0.3 is 0 Å². The number of carbonyl (C=O) groups is 1. The first-order chi connectivity index (χ1) is 12.1. The van der Waals surface area contributed by atoms with E-state index in [0.29, 0.717) is 17.2 Å². The number of carbonyl (C=O) groups excluding carboxylic acids is 1. The lowest BCUT2D eigenvalue weighted by molar-refractivity contribution is -0.120. The molecule has 0 saturated carbocycles. The van der Waals surface area contributed by atoms with Crippen LogP contribution in [0, 0.1) is 0 Å². The number of likely N-dealkylation sites (N-methyl/N-ethyl adjacent to an activating group) is 1. The quantitative estimate of drug-likeness (QED) is 0.875. The molecule has 1 aliphatic heterocycles. The van der Waals surface area contributed by atoms with Crippen molar-refractivity contribution in [3.63, 3.8) is 0 Å². The summed E-state index contributed by atoms with van der Waals surface area (Å²) in [6.45, 7) is 4.99. The monoisotopic (exact) mass is 340 g/mol. The lowest BCUT2D eigenvalue weighted by Crippen LogP contribution is -2.39. The number of amides is 1. The third-order valence-electron chi connectivity index (χ3n) is 4.54. The van der Waals surface area contributed by atoms with Crippen LogP contribution in [0.5, 0.6) is 11.5 Å². The van der Waals surface area contributed by atoms with E-state index in [4.69, 9.17) is 9.47 Å². The summed E-state index contributed by atoms with van der Waals surface area (Å²) >= 11 is 0. The molecule has 1 heterocycles. The number of benzene rings is 2. The fourth-order valence-corrected chi connectivity index (χ4v) is 2.73. The van der Waals surface area contributed by atoms with Gasteiger partial charge < -0.3 is 14.8 Å². The van der Waals surface area contributed by atoms with Crippen LogP contribution in [0.15, 0.2) is 42.5 Å². The van der Waals surface area contributed by atoms with Crippen molar-refractivity contribution in [3.05, 3.63) is 53.6 Å². The molecular formula is C20H24N2O3. The first-order valence-corrected chi connectivity index (χ1v) is 8.55. The molecule has 2 aromatic rings. The number of hydrogen-bond donors (Lipinski definition) is 1. The highest BCUT2D eigenvalue weighted by Gasteiger charge is 2.20. The van der Waals surface area contributed by atoms with Crippen LogP contribution in [-0.4, -0.2) is 30.7 Å². The minimum atomic E-state index is -0.253. The predicted molar refractivity (Wildman–Crippen MR) is 97.9 cm³/mol. The van der Waals surface area contributed by atoms with Crippen LogP contribution in [0.4, 0.5) is 5.69 Å². The lowest BCUT2D eigenvalue weighted by atomic mass is 10.1. The van der Waals surface area contributed by atoms with Gasteiger partial charge in [0.1, 0.15) is 0 Å². The van der Waals surface area contributed by atoms with Crippen molar-refractivity contribution < 1.29 is 14.3 Å². The van der Waals surface area contributed by atoms with Gasteiger partial charge in [-0.05, 0) is 43.7 Å². The van der Waals surface area contributed by atoms with Crippen LogP contribution in [0.3, 0.4) is 0 Å². The number of fused-ring (bicyclic) bond motifs is 1. The largest absolute Gasteiger partial charge is 0.454 e. The molecule has 0 saturated heterocycles. The summed E-state index contributed by atoms with van der Waals surface area (Å²) in [4.78, 5) is 14.6. The maximum atomic E-state index is 12.5. The zero-order chi connectivity index (χ0) is 17.8. The Morgan fingerprint density at radius 1 is 1.12 bits per heavy atom. The van der Waals surface area contributed by atoms with E-state index in [-0.39, 0.29) is 18.7 Å². The second-order valence-electron chi connectivity index (χ2n) is 6.32. The number of hydrogen-bond acceptors (Lipinski definition) is 4. The molecule has 5 heteroatoms. The molecule has 2 aromatic carbocycles. The van der Waals surface area contributed by atoms with Gasteiger partial charge in [0.25, 0.3) is 0 Å². The van der Waals surface area contributed by atoms with E-state index in [1.165, 1.54) is 11.1 Å². The summed E-state index contributed by atoms with van der Waals surface area (Å²) in [5, 5.41) is 2.94. The highest BCUT2D eigenvalue weighted by Crippen LogP contribution is 2.34. The van der Waals surface area contributed by atoms with Gasteiger partial charge in [-0.15, -0.1) is 0 Å². The smallest absolute Gasteiger partial charge is 0.241 e. The van der Waals surface area contributed by atoms with Crippen molar-refractivity contribution in [1.82, 2.24) is 4.90 Å². The van der Waals surface area contributed by atoms with E-state index in [9.17, 15) is 4.79 Å². The number of anilines is 1. The normalized spacial score (nSPS) is 13.8. The van der Waals surface area contributed by atoms with Crippen LogP contribution in [0.2, 0.25) is 0 Å². The zero-order valence-corrected chi connectivity index (χ0v) is 14.9. The number of ether oxygens (including phenoxy) is 2. The Labute approximate surface area is 148 Å². The third-order valence-corrected chi connectivity index (χ3v) is 4.54. The molecule has 0 radical (unpaired) electrons. The molecule has 0 aliphatic carbocycles. The fourth-order valence-electron chi connectivity index (χ4n) is 2.73. The average Bonchev–Trinajstić information content (AvgIpc) is 3.09. The van der Waals surface area contributed by atoms with Gasteiger partial charge in [0.15, 0.2) is 11.5 Å². The number of nitrogens with zero attached hydrogens (tertiary/aromatic N) is 1. The Bertz CT molecular complexity index is 743. The first-order valence-electron chi connectivity index (χ1n) is 8.55. The van der Waals surface area contributed by atoms with E-state index in [0.717, 1.165) is 13.0 Å². The molecular weight excluding hydrogens is 316 g/mol. The van der Waals surface area contributed by atoms with Crippen molar-refractivity contribution in [2.45, 2.75) is 32.9 Å². The van der Waals surface area contributed by atoms with Crippen molar-refractivity contribution in [3.8, 4) is 11.5 Å². The molecule has 5 nitrogen and oxygen atoms in total. The van der Waals surface area contributed by atoms with E-state index in [1.54, 1.807) is 6.07 Å². The molecule has 3 rings (SSSR count). The second kappa shape index (κ2) is 7.57. The van der Waals surface area contributed by atoms with E-state index >= 15 is 0 Å². The fraction of sp³-hybridized carbons (Fsp3) is 0.350. The van der Waals surface area contributed by atoms with Crippen molar-refractivity contribution in [1.29, 1.82) is 0 Å². The Morgan fingerprint density at radius 3 is 2.52 bits per heavy atom. The Balaban J connectivity index is 1.59. The second-order valence-corrected chi connectivity index (χ2v) is 6.32. The summed E-state index contributed by atoms with van der Waals surface area (Å²) in [6, 6.07) is 13.7. The molecule has 0 aromatic heterocycles. The summed E-state index contributed by atoms with van der Waals surface area (Å²) in [5.74, 6) is 1.32. The predicted octanol–water partition coefficient (Wildman–Crippen LogP) is 3.44. The Hall–Kier alpha value is -2.53. The molecule has 0 bridgehead atoms. The van der Waals surface area contributed by atoms with E-state index < -0.39 is 0 Å². The van der Waals surface area contributed by atoms with Crippen LogP contribution < -0.4 is 14.8 Å². The number of aryl methyl sites for hydroxylation is 1. The maximum Gasteiger partial charge on any atom is 0.241 e. The summed E-state index contributed by atoms with van der Waals surface area (Å²) in [5.41, 5.74) is 3.23. The molecule has 25 heavy (non-hydrogen) atoms. The summed E-state index contributed by atoms with van der Waals surface area (Å²) in [7, 11) is 1.96. The maximum absolute atomic E-state index is 12.5. The van der Waals surface area contributed by atoms with Crippen molar-refractivity contribution >= 4 is 11.6 Å². The Morgan fingerprint density at radius 2 is 1.80 bits per heavy atom. The molecule has 0 fully saturated rings. The first kappa shape index (κ1) is 17.3. The van der Waals surface area contributed by atoms with Crippen LogP contribution in [0.1, 0.15) is 25.0 Å². The van der Waals surface area contributed by atoms with Gasteiger partial charge in [-0.3, -0.25) is 9.69 Å². The van der Waals surface area contributed by atoms with Crippen LogP contribution in [-0.2, 0) is 17.8 Å². The number of nitrogens with one attached hydrogen (secondary N) is 1. The molecule has 1 aliphatic rings. The molecule has 1 atom stereocenters. The van der Waals surface area contributed by atoms with Crippen LogP contribution in [0.25, 0.3) is 0 Å². The van der Waals surface area contributed by atoms with Gasteiger partial charge in [0.2, 0.25) is 12.7 Å². The lowest BCUT2D eigenvalue weighted by Gasteiger charge is -2.24. The Kier molecular flexibility index (Phi) is 5.24. The zero-order valence-electron chi connectivity index (χ0n) is 14.9. The summed E-state index contributed by atoms with van der Waals surface area (Å²) in [6.07, 6.45) is 1.03. The molecule has 132 valence electrons. The minimum absolute atomic E-state index is 0.0495. The standard InChI is InChI=1S/C20H24N2O3/c1-4-15-5-7-16(8-6-15)12-22(3)14(2)20(23)21-17-9-10-18-19(11-17)25-13-24-18/h5-11,14H,4,12-13H2,1-3H3,(H,21,23)/t14-/m0/s1. The topological polar surface area (TPSA) is 50.8 Å². The van der Waals surface area contributed by atoms with Gasteiger partial charge in [0.05, 0.1) is 6.04 Å². The molecule has 0 spiro atoms. The van der Waals surface area contributed by atoms with Gasteiger partial charge in [-0.1, -0.05) is 31.2 Å². The van der Waals surface area contributed by atoms with E-state index in [1.807, 2.05) is 31.0 Å². The van der Waals surface area contributed by atoms with Gasteiger partial charge in [-0.25, -0.2) is 0 Å². The number of rotatable bonds is 6. The van der Waals surface area contributed by atoms with E-state index in [2.05, 4.69) is 36.5 Å². The molecule has 0 unspecified atom stereocenters. The van der Waals surface area contributed by atoms with Gasteiger partial charge in [0, 0.05) is 18.3 Å². The SMILES string of the molecule is CCc1ccc(CN(C)[C@@H](C)C(=O)Nc2ccc3c(c2)OCO3)cc1. The highest BCUT2D eigenvalue weighted by atomic mass is 16.7. The molecule has 1 amide bonds. The average molecular weight is 340 g/mol. The van der Waals surface area contributed by atoms with Crippen molar-refractivity contribution in [2.24, 2.45) is 0 Å². The summed E-state index contributed by atoms with van der Waals surface area (Å²) < 4.78 is 10.6. The highest BCUT2D eigenvalue weighted by molar-refractivity contribution is 5.94. The van der Waals surface area contributed by atoms with Crippen molar-refractivity contribution in [2.75, 3.05) is 19.2 Å². The van der Waals surface area contributed by atoms with Crippen LogP contribution >= 0.6 is 0 Å². The van der Waals surface area contributed by atoms with Gasteiger partial charge in [-0.2, -0.15) is 0 Å². The third kappa shape index (κ3) is 4.12. The minimum Gasteiger partial charge on any atom is -0.454 e.